The first-order chi connectivity index (χ1) is 16.0. The van der Waals surface area contributed by atoms with Crippen molar-refractivity contribution in [3.05, 3.63) is 81.9 Å². The fourth-order valence-electron chi connectivity index (χ4n) is 3.86. The molecular weight excluding hydrogens is 434 g/mol. The van der Waals surface area contributed by atoms with Crippen LogP contribution in [0.5, 0.6) is 0 Å². The zero-order valence-corrected chi connectivity index (χ0v) is 19.9. The minimum Gasteiger partial charge on any atom is -0.451 e. The molecular formula is C26H27N3O3S. The lowest BCUT2D eigenvalue weighted by molar-refractivity contribution is -0.119. The van der Waals surface area contributed by atoms with Gasteiger partial charge in [-0.15, -0.1) is 11.3 Å². The summed E-state index contributed by atoms with van der Waals surface area (Å²) < 4.78 is 7.24. The highest BCUT2D eigenvalue weighted by molar-refractivity contribution is 7.20. The third-order valence-electron chi connectivity index (χ3n) is 5.58. The van der Waals surface area contributed by atoms with E-state index in [1.54, 1.807) is 6.07 Å². The number of carbonyl (C=O) groups is 2. The van der Waals surface area contributed by atoms with Crippen LogP contribution in [0.3, 0.4) is 0 Å². The summed E-state index contributed by atoms with van der Waals surface area (Å²) in [6, 6.07) is 17.9. The summed E-state index contributed by atoms with van der Waals surface area (Å²) in [6.45, 7) is 6.32. The van der Waals surface area contributed by atoms with Crippen LogP contribution in [0.2, 0.25) is 0 Å². The monoisotopic (exact) mass is 461 g/mol. The molecule has 0 saturated heterocycles. The standard InChI is InChI=1S/C26H27N3O3S/c1-4-19-12-9-13-20(5-2)24(19)27-23(30)16-32-26(31)22-14-21-17(3)28-29(25(21)33-22)15-18-10-7-6-8-11-18/h6-14H,4-5,15-16H2,1-3H3,(H,27,30). The highest BCUT2D eigenvalue weighted by Gasteiger charge is 2.19. The minimum absolute atomic E-state index is 0.330. The van der Waals surface area contributed by atoms with Crippen molar-refractivity contribution in [1.29, 1.82) is 0 Å². The average Bonchev–Trinajstić information content (AvgIpc) is 3.39. The van der Waals surface area contributed by atoms with E-state index in [0.717, 1.165) is 51.1 Å². The van der Waals surface area contributed by atoms with Crippen LogP contribution in [0.4, 0.5) is 5.69 Å². The first-order valence-electron chi connectivity index (χ1n) is 11.1. The molecule has 0 saturated carbocycles. The van der Waals surface area contributed by atoms with Gasteiger partial charge in [-0.1, -0.05) is 62.4 Å². The van der Waals surface area contributed by atoms with Crippen molar-refractivity contribution in [2.45, 2.75) is 40.2 Å². The Kier molecular flexibility index (Phi) is 6.89. The van der Waals surface area contributed by atoms with Crippen molar-refractivity contribution in [3.63, 3.8) is 0 Å². The molecule has 170 valence electrons. The molecule has 2 heterocycles. The predicted molar refractivity (Wildman–Crippen MR) is 132 cm³/mol. The predicted octanol–water partition coefficient (Wildman–Crippen LogP) is 5.37. The van der Waals surface area contributed by atoms with Gasteiger partial charge >= 0.3 is 5.97 Å². The second kappa shape index (κ2) is 10.0. The number of carbonyl (C=O) groups excluding carboxylic acids is 2. The number of anilines is 1. The van der Waals surface area contributed by atoms with Crippen LogP contribution >= 0.6 is 11.3 Å². The first kappa shape index (κ1) is 22.7. The van der Waals surface area contributed by atoms with Crippen LogP contribution in [0.15, 0.2) is 54.6 Å². The maximum absolute atomic E-state index is 12.7. The molecule has 0 fully saturated rings. The molecule has 7 heteroatoms. The summed E-state index contributed by atoms with van der Waals surface area (Å²) in [6.07, 6.45) is 1.62. The van der Waals surface area contributed by atoms with Crippen molar-refractivity contribution in [3.8, 4) is 0 Å². The maximum Gasteiger partial charge on any atom is 0.348 e. The highest BCUT2D eigenvalue weighted by Crippen LogP contribution is 2.29. The largest absolute Gasteiger partial charge is 0.451 e. The normalized spacial score (nSPS) is 11.0. The quantitative estimate of drug-likeness (QED) is 0.358. The summed E-state index contributed by atoms with van der Waals surface area (Å²) in [5.74, 6) is -0.844. The van der Waals surface area contributed by atoms with Gasteiger partial charge in [0.05, 0.1) is 12.2 Å². The molecule has 0 spiro atoms. The van der Waals surface area contributed by atoms with E-state index < -0.39 is 5.97 Å². The number of amides is 1. The van der Waals surface area contributed by atoms with Crippen molar-refractivity contribution in [2.75, 3.05) is 11.9 Å². The molecule has 2 aromatic carbocycles. The number of fused-ring (bicyclic) bond motifs is 1. The van der Waals surface area contributed by atoms with Gasteiger partial charge in [0.2, 0.25) is 0 Å². The lowest BCUT2D eigenvalue weighted by Crippen LogP contribution is -2.22. The summed E-state index contributed by atoms with van der Waals surface area (Å²) >= 11 is 1.33. The lowest BCUT2D eigenvalue weighted by Gasteiger charge is -2.14. The number of hydrogen-bond acceptors (Lipinski definition) is 5. The fraction of sp³-hybridized carbons (Fsp3) is 0.269. The third kappa shape index (κ3) is 4.98. The van der Waals surface area contributed by atoms with Gasteiger partial charge in [0, 0.05) is 11.1 Å². The number of aryl methyl sites for hydroxylation is 3. The van der Waals surface area contributed by atoms with Gasteiger partial charge < -0.3 is 10.1 Å². The van der Waals surface area contributed by atoms with Crippen LogP contribution < -0.4 is 5.32 Å². The van der Waals surface area contributed by atoms with Gasteiger partial charge in [-0.2, -0.15) is 5.10 Å². The SMILES string of the molecule is CCc1cccc(CC)c1NC(=O)COC(=O)c1cc2c(C)nn(Cc3ccccc3)c2s1. The first-order valence-corrected chi connectivity index (χ1v) is 11.9. The Morgan fingerprint density at radius 2 is 1.73 bits per heavy atom. The Labute approximate surface area is 197 Å². The molecule has 33 heavy (non-hydrogen) atoms. The Morgan fingerprint density at radius 3 is 2.39 bits per heavy atom. The van der Waals surface area contributed by atoms with E-state index in [0.29, 0.717) is 11.4 Å². The number of thiophene rings is 1. The number of ether oxygens (including phenoxy) is 1. The maximum atomic E-state index is 12.7. The van der Waals surface area contributed by atoms with Gasteiger partial charge in [-0.05, 0) is 42.5 Å². The van der Waals surface area contributed by atoms with Gasteiger partial charge in [-0.3, -0.25) is 9.48 Å². The second-order valence-corrected chi connectivity index (χ2v) is 8.87. The average molecular weight is 462 g/mol. The molecule has 0 atom stereocenters. The van der Waals surface area contributed by atoms with E-state index in [4.69, 9.17) is 4.74 Å². The number of para-hydroxylation sites is 1. The van der Waals surface area contributed by atoms with Crippen LogP contribution in [0, 0.1) is 6.92 Å². The van der Waals surface area contributed by atoms with Gasteiger partial charge in [0.1, 0.15) is 9.71 Å². The van der Waals surface area contributed by atoms with E-state index >= 15 is 0 Å². The van der Waals surface area contributed by atoms with Crippen molar-refractivity contribution in [1.82, 2.24) is 9.78 Å². The smallest absolute Gasteiger partial charge is 0.348 e. The molecule has 0 unspecified atom stereocenters. The molecule has 2 aromatic heterocycles. The number of rotatable bonds is 8. The van der Waals surface area contributed by atoms with Crippen molar-refractivity contribution < 1.29 is 14.3 Å². The zero-order valence-electron chi connectivity index (χ0n) is 19.1. The van der Waals surface area contributed by atoms with Crippen LogP contribution in [-0.2, 0) is 28.9 Å². The topological polar surface area (TPSA) is 73.2 Å². The molecule has 1 amide bonds. The molecule has 0 aliphatic carbocycles. The molecule has 0 aliphatic heterocycles. The van der Waals surface area contributed by atoms with E-state index in [1.807, 2.05) is 74.0 Å². The fourth-order valence-corrected chi connectivity index (χ4v) is 4.91. The lowest BCUT2D eigenvalue weighted by atomic mass is 10.0. The minimum atomic E-state index is -0.503. The van der Waals surface area contributed by atoms with Crippen LogP contribution in [0.1, 0.15) is 45.9 Å². The molecule has 0 bridgehead atoms. The summed E-state index contributed by atoms with van der Waals surface area (Å²) in [5, 5.41) is 8.47. The van der Waals surface area contributed by atoms with Crippen molar-refractivity contribution >= 4 is 39.1 Å². The van der Waals surface area contributed by atoms with Crippen molar-refractivity contribution in [2.24, 2.45) is 0 Å². The summed E-state index contributed by atoms with van der Waals surface area (Å²) in [4.78, 5) is 26.6. The van der Waals surface area contributed by atoms with E-state index in [9.17, 15) is 9.59 Å². The number of benzene rings is 2. The van der Waals surface area contributed by atoms with Gasteiger partial charge in [0.25, 0.3) is 5.91 Å². The Hall–Kier alpha value is -3.45. The van der Waals surface area contributed by atoms with Crippen LogP contribution in [0.25, 0.3) is 10.2 Å². The summed E-state index contributed by atoms with van der Waals surface area (Å²) in [7, 11) is 0. The molecule has 0 aliphatic rings. The number of aromatic nitrogens is 2. The molecule has 0 radical (unpaired) electrons. The van der Waals surface area contributed by atoms with Crippen LogP contribution in [-0.4, -0.2) is 28.3 Å². The highest BCUT2D eigenvalue weighted by atomic mass is 32.1. The number of hydrogen-bond donors (Lipinski definition) is 1. The number of nitrogens with one attached hydrogen (secondary N) is 1. The van der Waals surface area contributed by atoms with Gasteiger partial charge in [-0.25, -0.2) is 4.79 Å². The van der Waals surface area contributed by atoms with E-state index in [2.05, 4.69) is 10.4 Å². The molecule has 4 aromatic rings. The molecule has 4 rings (SSSR count). The zero-order chi connectivity index (χ0) is 23.4. The number of esters is 1. The third-order valence-corrected chi connectivity index (χ3v) is 6.71. The Balaban J connectivity index is 1.44. The Morgan fingerprint density at radius 1 is 1.03 bits per heavy atom. The van der Waals surface area contributed by atoms with Gasteiger partial charge in [0.15, 0.2) is 6.61 Å². The van der Waals surface area contributed by atoms with E-state index in [1.165, 1.54) is 11.3 Å². The van der Waals surface area contributed by atoms with E-state index in [-0.39, 0.29) is 12.5 Å². The molecule has 6 nitrogen and oxygen atoms in total. The Bertz CT molecular complexity index is 1270. The summed E-state index contributed by atoms with van der Waals surface area (Å²) in [5.41, 5.74) is 4.95. The molecule has 1 N–H and O–H groups in total. The number of nitrogens with zero attached hydrogens (tertiary/aromatic N) is 2. The second-order valence-electron chi connectivity index (χ2n) is 7.84.